The number of hydrogen-bond donors (Lipinski definition) is 0. The van der Waals surface area contributed by atoms with Gasteiger partial charge < -0.3 is 9.64 Å². The van der Waals surface area contributed by atoms with E-state index in [0.29, 0.717) is 25.4 Å². The van der Waals surface area contributed by atoms with Crippen molar-refractivity contribution >= 4 is 5.91 Å². The molecule has 1 heterocycles. The van der Waals surface area contributed by atoms with Crippen LogP contribution in [0.25, 0.3) is 0 Å². The Labute approximate surface area is 139 Å². The second-order valence-electron chi connectivity index (χ2n) is 6.45. The van der Waals surface area contributed by atoms with Crippen molar-refractivity contribution < 1.29 is 9.53 Å². The predicted molar refractivity (Wildman–Crippen MR) is 90.0 cm³/mol. The van der Waals surface area contributed by atoms with E-state index >= 15 is 0 Å². The lowest BCUT2D eigenvalue weighted by Gasteiger charge is -2.31. The zero-order chi connectivity index (χ0) is 16.7. The molecule has 124 valence electrons. The number of ether oxygens (including phenoxy) is 1. The molecule has 1 aliphatic rings. The molecule has 1 aliphatic heterocycles. The van der Waals surface area contributed by atoms with Crippen molar-refractivity contribution in [2.75, 3.05) is 19.7 Å². The Kier molecular flexibility index (Phi) is 6.46. The van der Waals surface area contributed by atoms with E-state index in [0.717, 1.165) is 37.2 Å². The maximum atomic E-state index is 12.4. The van der Waals surface area contributed by atoms with Crippen molar-refractivity contribution in [2.24, 2.45) is 11.8 Å². The first kappa shape index (κ1) is 17.3. The van der Waals surface area contributed by atoms with Gasteiger partial charge in [0.15, 0.2) is 0 Å². The molecule has 0 spiro atoms. The second-order valence-corrected chi connectivity index (χ2v) is 6.45. The minimum absolute atomic E-state index is 0.00436. The number of carbonyl (C=O) groups is 1. The molecule has 0 bridgehead atoms. The molecule has 1 saturated heterocycles. The molecule has 1 unspecified atom stereocenters. The Balaban J connectivity index is 1.75. The van der Waals surface area contributed by atoms with Crippen LogP contribution in [-0.2, 0) is 4.79 Å². The molecular weight excluding hydrogens is 288 g/mol. The third-order valence-corrected chi connectivity index (χ3v) is 4.54. The summed E-state index contributed by atoms with van der Waals surface area (Å²) in [4.78, 5) is 14.3. The highest BCUT2D eigenvalue weighted by molar-refractivity contribution is 5.81. The van der Waals surface area contributed by atoms with Gasteiger partial charge in [0.05, 0.1) is 12.7 Å². The number of amides is 1. The van der Waals surface area contributed by atoms with Gasteiger partial charge in [0.2, 0.25) is 5.91 Å². The summed E-state index contributed by atoms with van der Waals surface area (Å²) < 4.78 is 5.74. The Morgan fingerprint density at radius 2 is 2.09 bits per heavy atom. The summed E-state index contributed by atoms with van der Waals surface area (Å²) in [5.41, 5.74) is 1.10. The smallest absolute Gasteiger partial charge is 0.239 e. The zero-order valence-corrected chi connectivity index (χ0v) is 14.1. The molecule has 0 N–H and O–H groups in total. The number of rotatable bonds is 6. The summed E-state index contributed by atoms with van der Waals surface area (Å²) in [5.74, 6) is 1.01. The number of carbonyl (C=O) groups excluding carboxylic acids is 1. The van der Waals surface area contributed by atoms with Gasteiger partial charge in [-0.1, -0.05) is 25.1 Å². The van der Waals surface area contributed by atoms with E-state index in [1.54, 1.807) is 0 Å². The van der Waals surface area contributed by atoms with Crippen LogP contribution in [0, 0.1) is 30.1 Å². The molecule has 1 atom stereocenters. The molecule has 1 aromatic carbocycles. The highest BCUT2D eigenvalue weighted by atomic mass is 16.5. The van der Waals surface area contributed by atoms with Crippen molar-refractivity contribution in [1.29, 1.82) is 5.26 Å². The molecule has 1 fully saturated rings. The fourth-order valence-corrected chi connectivity index (χ4v) is 2.88. The molecule has 1 aromatic rings. The molecule has 2 rings (SSSR count). The molecule has 23 heavy (non-hydrogen) atoms. The first-order valence-corrected chi connectivity index (χ1v) is 8.48. The first-order valence-electron chi connectivity index (χ1n) is 8.48. The first-order chi connectivity index (χ1) is 11.1. The van der Waals surface area contributed by atoms with E-state index in [9.17, 15) is 10.1 Å². The number of aryl methyl sites for hydroxylation is 1. The SMILES string of the molecule is Cc1ccccc1OCCCC(C#N)C(=O)N1CCC(C)CC1. The van der Waals surface area contributed by atoms with Crippen LogP contribution >= 0.6 is 0 Å². The van der Waals surface area contributed by atoms with E-state index in [1.807, 2.05) is 36.1 Å². The average molecular weight is 314 g/mol. The highest BCUT2D eigenvalue weighted by Crippen LogP contribution is 2.20. The van der Waals surface area contributed by atoms with Crippen molar-refractivity contribution in [3.05, 3.63) is 29.8 Å². The molecule has 4 heteroatoms. The largest absolute Gasteiger partial charge is 0.493 e. The summed E-state index contributed by atoms with van der Waals surface area (Å²) in [5, 5.41) is 9.30. The second kappa shape index (κ2) is 8.57. The maximum absolute atomic E-state index is 12.4. The van der Waals surface area contributed by atoms with Crippen molar-refractivity contribution in [1.82, 2.24) is 4.90 Å². The van der Waals surface area contributed by atoms with Crippen LogP contribution in [0.5, 0.6) is 5.75 Å². The van der Waals surface area contributed by atoms with Gasteiger partial charge >= 0.3 is 0 Å². The minimum atomic E-state index is -0.538. The fraction of sp³-hybridized carbons (Fsp3) is 0.579. The van der Waals surface area contributed by atoms with Crippen molar-refractivity contribution in [3.8, 4) is 11.8 Å². The summed E-state index contributed by atoms with van der Waals surface area (Å²) >= 11 is 0. The highest BCUT2D eigenvalue weighted by Gasteiger charge is 2.26. The Morgan fingerprint density at radius 3 is 2.74 bits per heavy atom. The maximum Gasteiger partial charge on any atom is 0.239 e. The van der Waals surface area contributed by atoms with Crippen LogP contribution in [0.2, 0.25) is 0 Å². The van der Waals surface area contributed by atoms with E-state index in [-0.39, 0.29) is 5.91 Å². The topological polar surface area (TPSA) is 53.3 Å². The Hall–Kier alpha value is -2.02. The fourth-order valence-electron chi connectivity index (χ4n) is 2.88. The van der Waals surface area contributed by atoms with Gasteiger partial charge in [0, 0.05) is 13.1 Å². The lowest BCUT2D eigenvalue weighted by atomic mass is 9.96. The molecule has 0 saturated carbocycles. The van der Waals surface area contributed by atoms with E-state index < -0.39 is 5.92 Å². The molecular formula is C19H26N2O2. The number of benzene rings is 1. The Bertz CT molecular complexity index is 557. The normalized spacial score (nSPS) is 16.7. The van der Waals surface area contributed by atoms with E-state index in [1.165, 1.54) is 0 Å². The van der Waals surface area contributed by atoms with Crippen molar-refractivity contribution in [3.63, 3.8) is 0 Å². The van der Waals surface area contributed by atoms with Crippen LogP contribution < -0.4 is 4.74 Å². The van der Waals surface area contributed by atoms with Gasteiger partial charge in [0.25, 0.3) is 0 Å². The number of para-hydroxylation sites is 1. The van der Waals surface area contributed by atoms with Gasteiger partial charge in [0.1, 0.15) is 11.7 Å². The number of nitrogens with zero attached hydrogens (tertiary/aromatic N) is 2. The third-order valence-electron chi connectivity index (χ3n) is 4.54. The van der Waals surface area contributed by atoms with Crippen LogP contribution in [0.15, 0.2) is 24.3 Å². The minimum Gasteiger partial charge on any atom is -0.493 e. The van der Waals surface area contributed by atoms with Crippen LogP contribution in [0.4, 0.5) is 0 Å². The number of nitriles is 1. The molecule has 0 aliphatic carbocycles. The van der Waals surface area contributed by atoms with Crippen LogP contribution in [0.3, 0.4) is 0 Å². The zero-order valence-electron chi connectivity index (χ0n) is 14.1. The van der Waals surface area contributed by atoms with Crippen molar-refractivity contribution in [2.45, 2.75) is 39.5 Å². The summed E-state index contributed by atoms with van der Waals surface area (Å²) in [6.45, 7) is 6.34. The van der Waals surface area contributed by atoms with Gasteiger partial charge in [-0.3, -0.25) is 4.79 Å². The lowest BCUT2D eigenvalue weighted by Crippen LogP contribution is -2.41. The average Bonchev–Trinajstić information content (AvgIpc) is 2.56. The number of likely N-dealkylation sites (tertiary alicyclic amines) is 1. The van der Waals surface area contributed by atoms with Gasteiger partial charge in [-0.15, -0.1) is 0 Å². The third kappa shape index (κ3) is 4.99. The lowest BCUT2D eigenvalue weighted by molar-refractivity contribution is -0.135. The quantitative estimate of drug-likeness (QED) is 0.755. The number of hydrogen-bond acceptors (Lipinski definition) is 3. The summed E-state index contributed by atoms with van der Waals surface area (Å²) in [7, 11) is 0. The monoisotopic (exact) mass is 314 g/mol. The molecule has 4 nitrogen and oxygen atoms in total. The predicted octanol–water partition coefficient (Wildman–Crippen LogP) is 3.55. The van der Waals surface area contributed by atoms with E-state index in [4.69, 9.17) is 4.74 Å². The van der Waals surface area contributed by atoms with Crippen LogP contribution in [0.1, 0.15) is 38.2 Å². The van der Waals surface area contributed by atoms with E-state index in [2.05, 4.69) is 13.0 Å². The van der Waals surface area contributed by atoms with Gasteiger partial charge in [-0.25, -0.2) is 0 Å². The van der Waals surface area contributed by atoms with Crippen LogP contribution in [-0.4, -0.2) is 30.5 Å². The van der Waals surface area contributed by atoms with Gasteiger partial charge in [-0.05, 0) is 50.2 Å². The summed E-state index contributed by atoms with van der Waals surface area (Å²) in [6.07, 6.45) is 3.36. The molecule has 0 radical (unpaired) electrons. The number of piperidine rings is 1. The molecule has 1 amide bonds. The Morgan fingerprint density at radius 1 is 1.39 bits per heavy atom. The molecule has 0 aromatic heterocycles. The standard InChI is InChI=1S/C19H26N2O2/c1-15-9-11-21(12-10-15)19(22)17(14-20)7-5-13-23-18-8-4-3-6-16(18)2/h3-4,6,8,15,17H,5,7,9-13H2,1-2H3. The summed E-state index contributed by atoms with van der Waals surface area (Å²) in [6, 6.07) is 10.0. The van der Waals surface area contributed by atoms with Gasteiger partial charge in [-0.2, -0.15) is 5.26 Å².